The number of amides is 1. The molecule has 0 spiro atoms. The van der Waals surface area contributed by atoms with Crippen LogP contribution in [0.25, 0.3) is 9.40 Å². The van der Waals surface area contributed by atoms with Gasteiger partial charge in [-0.05, 0) is 48.2 Å². The third-order valence-corrected chi connectivity index (χ3v) is 6.93. The number of thiophene rings is 2. The first-order valence-corrected chi connectivity index (χ1v) is 9.78. The van der Waals surface area contributed by atoms with Crippen molar-refractivity contribution in [1.29, 1.82) is 0 Å². The second-order valence-electron chi connectivity index (χ2n) is 7.14. The maximum atomic E-state index is 12.6. The average Bonchev–Trinajstić information content (AvgIpc) is 3.08. The number of benzene rings is 1. The Labute approximate surface area is 162 Å². The number of ether oxygens (including phenoxy) is 1. The fraction of sp³-hybridized carbons (Fsp3) is 0.316. The zero-order valence-corrected chi connectivity index (χ0v) is 16.8. The Balaban J connectivity index is 1.78. The van der Waals surface area contributed by atoms with Crippen molar-refractivity contribution >= 4 is 43.7 Å². The van der Waals surface area contributed by atoms with Gasteiger partial charge in [0.25, 0.3) is 5.91 Å². The summed E-state index contributed by atoms with van der Waals surface area (Å²) < 4.78 is 42.6. The second-order valence-corrected chi connectivity index (χ2v) is 9.24. The molecule has 0 aliphatic heterocycles. The van der Waals surface area contributed by atoms with Gasteiger partial charge in [-0.2, -0.15) is 0 Å². The third-order valence-electron chi connectivity index (χ3n) is 3.88. The van der Waals surface area contributed by atoms with Crippen LogP contribution in [0, 0.1) is 6.92 Å². The van der Waals surface area contributed by atoms with Crippen LogP contribution in [-0.2, 0) is 5.41 Å². The highest BCUT2D eigenvalue weighted by Crippen LogP contribution is 2.41. The molecule has 0 aliphatic carbocycles. The quantitative estimate of drug-likeness (QED) is 0.518. The van der Waals surface area contributed by atoms with Crippen molar-refractivity contribution in [3.8, 4) is 5.75 Å². The first-order valence-electron chi connectivity index (χ1n) is 8.14. The Kier molecular flexibility index (Phi) is 4.98. The predicted molar refractivity (Wildman–Crippen MR) is 104 cm³/mol. The van der Waals surface area contributed by atoms with Crippen LogP contribution in [0.3, 0.4) is 0 Å². The van der Waals surface area contributed by atoms with E-state index in [2.05, 4.69) is 36.9 Å². The minimum absolute atomic E-state index is 0.0541. The van der Waals surface area contributed by atoms with Gasteiger partial charge in [0.15, 0.2) is 0 Å². The summed E-state index contributed by atoms with van der Waals surface area (Å²) in [5, 5.41) is 2.72. The summed E-state index contributed by atoms with van der Waals surface area (Å²) >= 11 is 3.11. The van der Waals surface area contributed by atoms with E-state index in [1.165, 1.54) is 40.5 Å². The summed E-state index contributed by atoms with van der Waals surface area (Å²) in [4.78, 5) is 14.5. The Morgan fingerprint density at radius 1 is 1.07 bits per heavy atom. The maximum Gasteiger partial charge on any atom is 0.573 e. The van der Waals surface area contributed by atoms with E-state index in [9.17, 15) is 18.0 Å². The second kappa shape index (κ2) is 6.83. The van der Waals surface area contributed by atoms with Gasteiger partial charge in [0.1, 0.15) is 5.75 Å². The zero-order chi connectivity index (χ0) is 20.0. The minimum Gasteiger partial charge on any atom is -0.406 e. The van der Waals surface area contributed by atoms with Crippen LogP contribution in [-0.4, -0.2) is 12.3 Å². The lowest BCUT2D eigenvalue weighted by molar-refractivity contribution is -0.274. The number of aryl methyl sites for hydroxylation is 1. The molecule has 0 bridgehead atoms. The van der Waals surface area contributed by atoms with Crippen LogP contribution in [0.4, 0.5) is 18.9 Å². The molecule has 3 rings (SSSR count). The number of nitrogens with one attached hydrogen (secondary N) is 1. The van der Waals surface area contributed by atoms with Gasteiger partial charge in [-0.15, -0.1) is 35.8 Å². The molecular formula is C19H18F3NO2S2. The number of hydrogen-bond acceptors (Lipinski definition) is 4. The molecule has 3 aromatic rings. The average molecular weight is 413 g/mol. The van der Waals surface area contributed by atoms with Crippen LogP contribution in [0.5, 0.6) is 5.75 Å². The zero-order valence-electron chi connectivity index (χ0n) is 15.2. The van der Waals surface area contributed by atoms with Gasteiger partial charge < -0.3 is 10.1 Å². The Morgan fingerprint density at radius 2 is 1.70 bits per heavy atom. The van der Waals surface area contributed by atoms with Crippen LogP contribution in [0.1, 0.15) is 40.9 Å². The number of hydrogen-bond donors (Lipinski definition) is 1. The fourth-order valence-corrected chi connectivity index (χ4v) is 5.06. The highest BCUT2D eigenvalue weighted by Gasteiger charge is 2.31. The number of carbonyl (C=O) groups is 1. The lowest BCUT2D eigenvalue weighted by Crippen LogP contribution is -2.17. The molecule has 3 nitrogen and oxygen atoms in total. The molecule has 27 heavy (non-hydrogen) atoms. The molecule has 1 amide bonds. The van der Waals surface area contributed by atoms with Gasteiger partial charge in [-0.1, -0.05) is 20.8 Å². The minimum atomic E-state index is -4.74. The largest absolute Gasteiger partial charge is 0.573 e. The molecule has 0 saturated carbocycles. The molecule has 0 atom stereocenters. The van der Waals surface area contributed by atoms with E-state index in [1.807, 2.05) is 6.92 Å². The standard InChI is InChI=1S/C19H18F3NO2S2/c1-10-15-13(9-14(27-15)18(2,3)4)26-16(10)17(24)23-11-5-7-12(8-6-11)25-19(20,21)22/h5-9H,1-4H3,(H,23,24). The summed E-state index contributed by atoms with van der Waals surface area (Å²) in [5.41, 5.74) is 1.38. The molecule has 0 radical (unpaired) electrons. The molecule has 2 heterocycles. The van der Waals surface area contributed by atoms with Crippen molar-refractivity contribution in [2.24, 2.45) is 0 Å². The van der Waals surface area contributed by atoms with Gasteiger partial charge in [-0.3, -0.25) is 4.79 Å². The van der Waals surface area contributed by atoms with E-state index >= 15 is 0 Å². The van der Waals surface area contributed by atoms with Crippen molar-refractivity contribution in [2.75, 3.05) is 5.32 Å². The van der Waals surface area contributed by atoms with Crippen molar-refractivity contribution in [2.45, 2.75) is 39.5 Å². The number of halogens is 3. The summed E-state index contributed by atoms with van der Waals surface area (Å²) in [6, 6.07) is 7.21. The van der Waals surface area contributed by atoms with E-state index in [1.54, 1.807) is 11.3 Å². The highest BCUT2D eigenvalue weighted by molar-refractivity contribution is 7.29. The molecular weight excluding hydrogens is 395 g/mol. The Bertz CT molecular complexity index is 979. The normalized spacial score (nSPS) is 12.4. The van der Waals surface area contributed by atoms with Gasteiger partial charge in [0, 0.05) is 20.0 Å². The predicted octanol–water partition coefficient (Wildman–Crippen LogP) is 6.72. The van der Waals surface area contributed by atoms with Gasteiger partial charge in [0.05, 0.1) is 4.88 Å². The van der Waals surface area contributed by atoms with E-state index in [0.29, 0.717) is 10.6 Å². The molecule has 2 aromatic heterocycles. The van der Waals surface area contributed by atoms with Crippen molar-refractivity contribution in [3.63, 3.8) is 0 Å². The maximum absolute atomic E-state index is 12.6. The molecule has 1 N–H and O–H groups in total. The number of rotatable bonds is 3. The number of carbonyl (C=O) groups excluding carboxylic acids is 1. The Hall–Kier alpha value is -2.06. The molecule has 0 fully saturated rings. The van der Waals surface area contributed by atoms with E-state index in [-0.39, 0.29) is 17.1 Å². The number of anilines is 1. The van der Waals surface area contributed by atoms with Crippen LogP contribution >= 0.6 is 22.7 Å². The van der Waals surface area contributed by atoms with Gasteiger partial charge in [-0.25, -0.2) is 0 Å². The molecule has 0 unspecified atom stereocenters. The van der Waals surface area contributed by atoms with Crippen LogP contribution in [0.15, 0.2) is 30.3 Å². The molecule has 1 aromatic carbocycles. The van der Waals surface area contributed by atoms with Crippen LogP contribution in [0.2, 0.25) is 0 Å². The topological polar surface area (TPSA) is 38.3 Å². The van der Waals surface area contributed by atoms with E-state index in [0.717, 1.165) is 15.0 Å². The SMILES string of the molecule is Cc1c(C(=O)Nc2ccc(OC(F)(F)F)cc2)sc2cc(C(C)(C)C)sc12. The van der Waals surface area contributed by atoms with Crippen LogP contribution < -0.4 is 10.1 Å². The lowest BCUT2D eigenvalue weighted by atomic mass is 9.95. The smallest absolute Gasteiger partial charge is 0.406 e. The molecule has 0 aliphatic rings. The molecule has 144 valence electrons. The molecule has 8 heteroatoms. The molecule has 0 saturated heterocycles. The summed E-state index contributed by atoms with van der Waals surface area (Å²) in [6.45, 7) is 8.36. The lowest BCUT2D eigenvalue weighted by Gasteiger charge is -2.15. The Morgan fingerprint density at radius 3 is 2.22 bits per heavy atom. The van der Waals surface area contributed by atoms with Gasteiger partial charge in [0.2, 0.25) is 0 Å². The first kappa shape index (κ1) is 19.7. The van der Waals surface area contributed by atoms with Crippen molar-refractivity contribution in [3.05, 3.63) is 45.6 Å². The van der Waals surface area contributed by atoms with Gasteiger partial charge >= 0.3 is 6.36 Å². The van der Waals surface area contributed by atoms with Crippen molar-refractivity contribution in [1.82, 2.24) is 0 Å². The number of alkyl halides is 3. The highest BCUT2D eigenvalue weighted by atomic mass is 32.1. The van der Waals surface area contributed by atoms with Crippen molar-refractivity contribution < 1.29 is 22.7 Å². The first-order chi connectivity index (χ1) is 12.4. The third kappa shape index (κ3) is 4.44. The number of fused-ring (bicyclic) bond motifs is 1. The summed E-state index contributed by atoms with van der Waals surface area (Å²) in [7, 11) is 0. The monoisotopic (exact) mass is 413 g/mol. The fourth-order valence-electron chi connectivity index (χ4n) is 2.52. The summed E-state index contributed by atoms with van der Waals surface area (Å²) in [6.07, 6.45) is -4.74. The summed E-state index contributed by atoms with van der Waals surface area (Å²) in [5.74, 6) is -0.606. The van der Waals surface area contributed by atoms with E-state index in [4.69, 9.17) is 0 Å². The van der Waals surface area contributed by atoms with E-state index < -0.39 is 6.36 Å².